The van der Waals surface area contributed by atoms with Crippen LogP contribution in [0.3, 0.4) is 0 Å². The monoisotopic (exact) mass is 386 g/mol. The van der Waals surface area contributed by atoms with Crippen LogP contribution in [0, 0.1) is 19.8 Å². The number of carbonyl (C=O) groups excluding carboxylic acids is 2. The minimum Gasteiger partial charge on any atom is -0.361 e. The summed E-state index contributed by atoms with van der Waals surface area (Å²) < 4.78 is 0. The molecule has 1 saturated carbocycles. The van der Waals surface area contributed by atoms with Crippen LogP contribution in [0.25, 0.3) is 0 Å². The zero-order valence-corrected chi connectivity index (χ0v) is 17.0. The molecule has 1 aliphatic carbocycles. The van der Waals surface area contributed by atoms with Gasteiger partial charge in [0.1, 0.15) is 4.88 Å². The zero-order chi connectivity index (χ0) is 19.6. The first-order valence-electron chi connectivity index (χ1n) is 9.27. The number of thiazole rings is 1. The fourth-order valence-corrected chi connectivity index (χ4v) is 3.42. The van der Waals surface area contributed by atoms with Crippen molar-refractivity contribution in [2.24, 2.45) is 5.92 Å². The number of nitrogens with zero attached hydrogens (tertiary/aromatic N) is 1. The van der Waals surface area contributed by atoms with Crippen LogP contribution in [0.1, 0.15) is 58.0 Å². The molecule has 0 spiro atoms. The number of aromatic nitrogens is 1. The van der Waals surface area contributed by atoms with Crippen molar-refractivity contribution < 1.29 is 9.59 Å². The molecule has 0 atom stereocenters. The first kappa shape index (κ1) is 19.4. The lowest BCUT2D eigenvalue weighted by Crippen LogP contribution is -2.25. The smallest absolute Gasteiger partial charge is 0.267 e. The lowest BCUT2D eigenvalue weighted by atomic mass is 10.1. The molecule has 2 amide bonds. The van der Waals surface area contributed by atoms with Gasteiger partial charge in [0.25, 0.3) is 11.8 Å². The fourth-order valence-electron chi connectivity index (χ4n) is 2.55. The molecule has 144 valence electrons. The second-order valence-electron chi connectivity index (χ2n) is 7.44. The number of benzene rings is 1. The molecule has 0 unspecified atom stereocenters. The number of amides is 2. The van der Waals surface area contributed by atoms with Crippen LogP contribution in [-0.4, -0.2) is 29.4 Å². The maximum atomic E-state index is 12.7. The molecule has 1 aliphatic rings. The number of hydrogen-bond donors (Lipinski definition) is 3. The van der Waals surface area contributed by atoms with Crippen LogP contribution in [0.2, 0.25) is 0 Å². The fraction of sp³-hybridized carbons (Fsp3) is 0.450. The summed E-state index contributed by atoms with van der Waals surface area (Å²) in [6.45, 7) is 8.80. The van der Waals surface area contributed by atoms with Gasteiger partial charge in [-0.15, -0.1) is 0 Å². The molecule has 3 rings (SSSR count). The summed E-state index contributed by atoms with van der Waals surface area (Å²) in [5.41, 5.74) is 2.81. The Morgan fingerprint density at radius 2 is 1.96 bits per heavy atom. The summed E-state index contributed by atoms with van der Waals surface area (Å²) in [6, 6.07) is 5.67. The number of rotatable bonds is 7. The Hall–Kier alpha value is -2.41. The van der Waals surface area contributed by atoms with Crippen molar-refractivity contribution in [2.45, 2.75) is 46.6 Å². The van der Waals surface area contributed by atoms with Gasteiger partial charge < -0.3 is 16.0 Å². The van der Waals surface area contributed by atoms with E-state index in [9.17, 15) is 9.59 Å². The molecular formula is C20H26N4O2S. The van der Waals surface area contributed by atoms with Crippen LogP contribution in [-0.2, 0) is 0 Å². The van der Waals surface area contributed by atoms with Crippen LogP contribution in [0.5, 0.6) is 0 Å². The Kier molecular flexibility index (Phi) is 5.79. The van der Waals surface area contributed by atoms with Gasteiger partial charge in [-0.3, -0.25) is 9.59 Å². The van der Waals surface area contributed by atoms with Crippen molar-refractivity contribution in [1.82, 2.24) is 10.3 Å². The summed E-state index contributed by atoms with van der Waals surface area (Å²) in [6.07, 6.45) is 2.08. The van der Waals surface area contributed by atoms with Crippen molar-refractivity contribution in [2.75, 3.05) is 17.2 Å². The van der Waals surface area contributed by atoms with E-state index in [2.05, 4.69) is 34.8 Å². The Morgan fingerprint density at radius 3 is 2.63 bits per heavy atom. The molecule has 1 heterocycles. The first-order chi connectivity index (χ1) is 12.8. The molecular weight excluding hydrogens is 360 g/mol. The summed E-state index contributed by atoms with van der Waals surface area (Å²) in [5, 5.41) is 9.91. The molecule has 2 aromatic rings. The maximum absolute atomic E-state index is 12.7. The van der Waals surface area contributed by atoms with E-state index in [1.165, 1.54) is 11.3 Å². The molecule has 3 N–H and O–H groups in total. The predicted molar refractivity (Wildman–Crippen MR) is 110 cm³/mol. The number of hydrogen-bond acceptors (Lipinski definition) is 5. The second-order valence-corrected chi connectivity index (χ2v) is 8.44. The molecule has 0 aliphatic heterocycles. The van der Waals surface area contributed by atoms with Gasteiger partial charge >= 0.3 is 0 Å². The summed E-state index contributed by atoms with van der Waals surface area (Å²) in [4.78, 5) is 30.0. The third-order valence-corrected chi connectivity index (χ3v) is 5.44. The van der Waals surface area contributed by atoms with Crippen molar-refractivity contribution >= 4 is 34.0 Å². The Bertz CT molecular complexity index is 856. The van der Waals surface area contributed by atoms with Gasteiger partial charge in [-0.2, -0.15) is 0 Å². The van der Waals surface area contributed by atoms with Gasteiger partial charge in [-0.05, 0) is 50.3 Å². The molecule has 0 saturated heterocycles. The second kappa shape index (κ2) is 8.08. The van der Waals surface area contributed by atoms with E-state index in [1.807, 2.05) is 19.9 Å². The zero-order valence-electron chi connectivity index (χ0n) is 16.2. The van der Waals surface area contributed by atoms with Gasteiger partial charge in [0.05, 0.1) is 5.69 Å². The standard InChI is InChI=1S/C20H26N4O2S/c1-11(2)10-21-20-22-13(4)17(27-20)19(26)24-16-9-14(6-5-12(16)3)18(25)23-15-7-8-15/h5-6,9,11,15H,7-8,10H2,1-4H3,(H,21,22)(H,23,25)(H,24,26). The average Bonchev–Trinajstić information content (AvgIpc) is 3.34. The van der Waals surface area contributed by atoms with Crippen molar-refractivity contribution in [3.05, 3.63) is 39.9 Å². The highest BCUT2D eigenvalue weighted by atomic mass is 32.1. The van der Waals surface area contributed by atoms with Gasteiger partial charge in [0.15, 0.2) is 5.13 Å². The number of anilines is 2. The summed E-state index contributed by atoms with van der Waals surface area (Å²) >= 11 is 1.35. The molecule has 0 radical (unpaired) electrons. The SMILES string of the molecule is Cc1ccc(C(=O)NC2CC2)cc1NC(=O)c1sc(NCC(C)C)nc1C. The summed E-state index contributed by atoms with van der Waals surface area (Å²) in [7, 11) is 0. The van der Waals surface area contributed by atoms with Crippen LogP contribution in [0.15, 0.2) is 18.2 Å². The number of carbonyl (C=O) groups is 2. The van der Waals surface area contributed by atoms with E-state index in [0.29, 0.717) is 33.8 Å². The Morgan fingerprint density at radius 1 is 1.22 bits per heavy atom. The van der Waals surface area contributed by atoms with Crippen LogP contribution >= 0.6 is 11.3 Å². The molecule has 7 heteroatoms. The lowest BCUT2D eigenvalue weighted by Gasteiger charge is -2.10. The maximum Gasteiger partial charge on any atom is 0.267 e. The minimum atomic E-state index is -0.203. The molecule has 6 nitrogen and oxygen atoms in total. The average molecular weight is 387 g/mol. The lowest BCUT2D eigenvalue weighted by molar-refractivity contribution is 0.0949. The van der Waals surface area contributed by atoms with Crippen LogP contribution in [0.4, 0.5) is 10.8 Å². The Balaban J connectivity index is 1.72. The first-order valence-corrected chi connectivity index (χ1v) is 10.1. The van der Waals surface area contributed by atoms with E-state index in [0.717, 1.165) is 30.1 Å². The third-order valence-electron chi connectivity index (χ3n) is 4.32. The normalized spacial score (nSPS) is 13.5. The Labute approximate surface area is 163 Å². The highest BCUT2D eigenvalue weighted by Gasteiger charge is 2.24. The molecule has 1 fully saturated rings. The van der Waals surface area contributed by atoms with E-state index in [1.54, 1.807) is 12.1 Å². The molecule has 1 aromatic carbocycles. The summed E-state index contributed by atoms with van der Waals surface area (Å²) in [5.74, 6) is 0.200. The van der Waals surface area contributed by atoms with Crippen molar-refractivity contribution in [1.29, 1.82) is 0 Å². The topological polar surface area (TPSA) is 83.1 Å². The third kappa shape index (κ3) is 5.07. The van der Waals surface area contributed by atoms with Crippen molar-refractivity contribution in [3.63, 3.8) is 0 Å². The quantitative estimate of drug-likeness (QED) is 0.672. The van der Waals surface area contributed by atoms with Gasteiger partial charge in [-0.1, -0.05) is 31.3 Å². The van der Waals surface area contributed by atoms with E-state index < -0.39 is 0 Å². The number of nitrogens with one attached hydrogen (secondary N) is 3. The van der Waals surface area contributed by atoms with E-state index in [-0.39, 0.29) is 11.8 Å². The van der Waals surface area contributed by atoms with Crippen molar-refractivity contribution in [3.8, 4) is 0 Å². The number of aryl methyl sites for hydroxylation is 2. The van der Waals surface area contributed by atoms with Gasteiger partial charge in [0, 0.05) is 23.8 Å². The highest BCUT2D eigenvalue weighted by molar-refractivity contribution is 7.17. The minimum absolute atomic E-state index is 0.0952. The predicted octanol–water partition coefficient (Wildman–Crippen LogP) is 3.97. The highest BCUT2D eigenvalue weighted by Crippen LogP contribution is 2.26. The van der Waals surface area contributed by atoms with Crippen LogP contribution < -0.4 is 16.0 Å². The van der Waals surface area contributed by atoms with E-state index in [4.69, 9.17) is 0 Å². The molecule has 1 aromatic heterocycles. The molecule has 27 heavy (non-hydrogen) atoms. The van der Waals surface area contributed by atoms with Gasteiger partial charge in [0.2, 0.25) is 0 Å². The van der Waals surface area contributed by atoms with E-state index >= 15 is 0 Å². The van der Waals surface area contributed by atoms with Gasteiger partial charge in [-0.25, -0.2) is 4.98 Å². The molecule has 0 bridgehead atoms. The largest absolute Gasteiger partial charge is 0.361 e.